The van der Waals surface area contributed by atoms with Gasteiger partial charge < -0.3 is 5.32 Å². The summed E-state index contributed by atoms with van der Waals surface area (Å²) in [5.74, 6) is 0. The van der Waals surface area contributed by atoms with Gasteiger partial charge in [-0.05, 0) is 55.3 Å². The van der Waals surface area contributed by atoms with Gasteiger partial charge in [-0.3, -0.25) is 0 Å². The fourth-order valence-corrected chi connectivity index (χ4v) is 2.73. The van der Waals surface area contributed by atoms with Crippen molar-refractivity contribution in [1.29, 1.82) is 0 Å². The van der Waals surface area contributed by atoms with Crippen LogP contribution in [-0.4, -0.2) is 11.5 Å². The molecule has 2 nitrogen and oxygen atoms in total. The maximum Gasteiger partial charge on any atom is 0.101 e. The predicted molar refractivity (Wildman–Crippen MR) is 81.5 cm³/mol. The van der Waals surface area contributed by atoms with Gasteiger partial charge in [0.05, 0.1) is 0 Å². The van der Waals surface area contributed by atoms with E-state index in [4.69, 9.17) is 0 Å². The maximum atomic E-state index is 4.34. The zero-order valence-corrected chi connectivity index (χ0v) is 12.3. The van der Waals surface area contributed by atoms with Crippen molar-refractivity contribution in [1.82, 2.24) is 10.3 Å². The molecule has 1 aromatic carbocycles. The Morgan fingerprint density at radius 3 is 2.79 bits per heavy atom. The average Bonchev–Trinajstić information content (AvgIpc) is 2.43. The van der Waals surface area contributed by atoms with Crippen molar-refractivity contribution < 1.29 is 0 Å². The van der Waals surface area contributed by atoms with Crippen LogP contribution in [0.5, 0.6) is 0 Å². The zero-order chi connectivity index (χ0) is 13.5. The van der Waals surface area contributed by atoms with Crippen LogP contribution in [0.2, 0.25) is 0 Å². The Balaban J connectivity index is 2.02. The van der Waals surface area contributed by atoms with Gasteiger partial charge in [0.1, 0.15) is 5.03 Å². The van der Waals surface area contributed by atoms with Gasteiger partial charge >= 0.3 is 0 Å². The molecule has 0 atom stereocenters. The van der Waals surface area contributed by atoms with E-state index < -0.39 is 0 Å². The van der Waals surface area contributed by atoms with Crippen LogP contribution in [0.4, 0.5) is 0 Å². The summed E-state index contributed by atoms with van der Waals surface area (Å²) in [6, 6.07) is 12.6. The van der Waals surface area contributed by atoms with Crippen molar-refractivity contribution in [3.05, 3.63) is 53.7 Å². The van der Waals surface area contributed by atoms with Gasteiger partial charge in [-0.15, -0.1) is 0 Å². The third-order valence-electron chi connectivity index (χ3n) is 2.92. The number of hydrogen-bond acceptors (Lipinski definition) is 3. The van der Waals surface area contributed by atoms with Crippen LogP contribution in [-0.2, 0) is 6.54 Å². The second kappa shape index (κ2) is 7.31. The van der Waals surface area contributed by atoms with E-state index in [1.807, 2.05) is 24.4 Å². The van der Waals surface area contributed by atoms with Gasteiger partial charge in [0.25, 0.3) is 0 Å². The Labute approximate surface area is 119 Å². The predicted octanol–water partition coefficient (Wildman–Crippen LogP) is 4.04. The number of rotatable bonds is 6. The molecule has 2 aromatic rings. The van der Waals surface area contributed by atoms with Crippen LogP contribution in [0.1, 0.15) is 24.5 Å². The minimum absolute atomic E-state index is 0.953. The first-order valence-electron chi connectivity index (χ1n) is 6.68. The van der Waals surface area contributed by atoms with Crippen molar-refractivity contribution in [3.8, 4) is 0 Å². The van der Waals surface area contributed by atoms with Crippen molar-refractivity contribution in [2.45, 2.75) is 36.7 Å². The number of nitrogens with one attached hydrogen (secondary N) is 1. The quantitative estimate of drug-likeness (QED) is 0.803. The highest BCUT2D eigenvalue weighted by Gasteiger charge is 2.02. The molecule has 0 aliphatic rings. The Kier molecular flexibility index (Phi) is 5.43. The Morgan fingerprint density at radius 1 is 1.21 bits per heavy atom. The number of pyridine rings is 1. The van der Waals surface area contributed by atoms with E-state index in [1.54, 1.807) is 11.8 Å². The molecule has 0 unspecified atom stereocenters. The minimum atomic E-state index is 0.953. The van der Waals surface area contributed by atoms with Gasteiger partial charge in [0.15, 0.2) is 0 Å². The molecule has 100 valence electrons. The summed E-state index contributed by atoms with van der Waals surface area (Å²) in [6.07, 6.45) is 3.00. The highest BCUT2D eigenvalue weighted by molar-refractivity contribution is 7.99. The molecule has 0 saturated heterocycles. The fraction of sp³-hybridized carbons (Fsp3) is 0.312. The molecule has 0 amide bonds. The van der Waals surface area contributed by atoms with Crippen LogP contribution in [0, 0.1) is 6.92 Å². The van der Waals surface area contributed by atoms with E-state index >= 15 is 0 Å². The van der Waals surface area contributed by atoms with E-state index in [2.05, 4.69) is 42.3 Å². The highest BCUT2D eigenvalue weighted by Crippen LogP contribution is 2.27. The molecule has 1 aromatic heterocycles. The number of benzene rings is 1. The lowest BCUT2D eigenvalue weighted by atomic mass is 10.1. The van der Waals surface area contributed by atoms with E-state index in [-0.39, 0.29) is 0 Å². The molecule has 0 bridgehead atoms. The molecular formula is C16H20N2S. The Morgan fingerprint density at radius 2 is 2.11 bits per heavy atom. The Bertz CT molecular complexity index is 511. The van der Waals surface area contributed by atoms with Crippen LogP contribution < -0.4 is 5.32 Å². The minimum Gasteiger partial charge on any atom is -0.313 e. The second-order valence-electron chi connectivity index (χ2n) is 4.54. The van der Waals surface area contributed by atoms with Crippen LogP contribution >= 0.6 is 11.8 Å². The number of aryl methyl sites for hydroxylation is 1. The summed E-state index contributed by atoms with van der Waals surface area (Å²) in [5, 5.41) is 4.48. The summed E-state index contributed by atoms with van der Waals surface area (Å²) in [7, 11) is 0. The summed E-state index contributed by atoms with van der Waals surface area (Å²) in [6.45, 7) is 6.38. The summed E-state index contributed by atoms with van der Waals surface area (Å²) in [4.78, 5) is 5.58. The topological polar surface area (TPSA) is 24.9 Å². The van der Waals surface area contributed by atoms with E-state index in [1.165, 1.54) is 22.4 Å². The van der Waals surface area contributed by atoms with Gasteiger partial charge in [-0.1, -0.05) is 30.8 Å². The Hall–Kier alpha value is -1.32. The van der Waals surface area contributed by atoms with Crippen LogP contribution in [0.15, 0.2) is 52.5 Å². The van der Waals surface area contributed by atoms with Crippen LogP contribution in [0.25, 0.3) is 0 Å². The monoisotopic (exact) mass is 272 g/mol. The normalized spacial score (nSPS) is 10.6. The number of nitrogens with zero attached hydrogens (tertiary/aromatic N) is 1. The maximum absolute atomic E-state index is 4.34. The molecule has 1 N–H and O–H groups in total. The molecule has 3 heteroatoms. The summed E-state index contributed by atoms with van der Waals surface area (Å²) >= 11 is 1.71. The molecule has 0 saturated carbocycles. The largest absolute Gasteiger partial charge is 0.313 e. The van der Waals surface area contributed by atoms with Gasteiger partial charge in [0.2, 0.25) is 0 Å². The molecule has 2 rings (SSSR count). The lowest BCUT2D eigenvalue weighted by Crippen LogP contribution is -2.14. The van der Waals surface area contributed by atoms with Crippen molar-refractivity contribution >= 4 is 11.8 Å². The standard InChI is InChI=1S/C16H20N2S/c1-3-9-17-12-14-7-8-15(11-13(14)2)19-16-6-4-5-10-18-16/h4-8,10-11,17H,3,9,12H2,1-2H3. The molecular weight excluding hydrogens is 252 g/mol. The van der Waals surface area contributed by atoms with Crippen molar-refractivity contribution in [3.63, 3.8) is 0 Å². The third kappa shape index (κ3) is 4.37. The van der Waals surface area contributed by atoms with Crippen molar-refractivity contribution in [2.24, 2.45) is 0 Å². The average molecular weight is 272 g/mol. The smallest absolute Gasteiger partial charge is 0.101 e. The van der Waals surface area contributed by atoms with E-state index in [0.29, 0.717) is 0 Å². The second-order valence-corrected chi connectivity index (χ2v) is 5.63. The zero-order valence-electron chi connectivity index (χ0n) is 11.5. The molecule has 19 heavy (non-hydrogen) atoms. The van der Waals surface area contributed by atoms with E-state index in [0.717, 1.165) is 18.1 Å². The first-order valence-corrected chi connectivity index (χ1v) is 7.50. The molecule has 0 spiro atoms. The van der Waals surface area contributed by atoms with Crippen LogP contribution in [0.3, 0.4) is 0 Å². The number of aromatic nitrogens is 1. The molecule has 0 fully saturated rings. The van der Waals surface area contributed by atoms with Gasteiger partial charge in [-0.25, -0.2) is 4.98 Å². The lowest BCUT2D eigenvalue weighted by molar-refractivity contribution is 0.673. The molecule has 0 radical (unpaired) electrons. The number of hydrogen-bond donors (Lipinski definition) is 1. The molecule has 0 aliphatic heterocycles. The SMILES string of the molecule is CCCNCc1ccc(Sc2ccccn2)cc1C. The van der Waals surface area contributed by atoms with Crippen molar-refractivity contribution in [2.75, 3.05) is 6.54 Å². The fourth-order valence-electron chi connectivity index (χ4n) is 1.86. The van der Waals surface area contributed by atoms with Gasteiger partial charge in [0, 0.05) is 17.6 Å². The first kappa shape index (κ1) is 14.1. The van der Waals surface area contributed by atoms with E-state index in [9.17, 15) is 0 Å². The molecule has 0 aliphatic carbocycles. The summed E-state index contributed by atoms with van der Waals surface area (Å²) < 4.78 is 0. The lowest BCUT2D eigenvalue weighted by Gasteiger charge is -2.09. The third-order valence-corrected chi connectivity index (χ3v) is 3.86. The summed E-state index contributed by atoms with van der Waals surface area (Å²) in [5.41, 5.74) is 2.71. The van der Waals surface area contributed by atoms with Gasteiger partial charge in [-0.2, -0.15) is 0 Å². The first-order chi connectivity index (χ1) is 9.29. The highest BCUT2D eigenvalue weighted by atomic mass is 32.2. The molecule has 1 heterocycles.